The van der Waals surface area contributed by atoms with Crippen LogP contribution >= 0.6 is 0 Å². The predicted octanol–water partition coefficient (Wildman–Crippen LogP) is 1.89. The van der Waals surface area contributed by atoms with E-state index in [1.807, 2.05) is 0 Å². The van der Waals surface area contributed by atoms with Crippen LogP contribution in [0.15, 0.2) is 37.4 Å². The zero-order valence-corrected chi connectivity index (χ0v) is 14.1. The van der Waals surface area contributed by atoms with E-state index in [1.165, 1.54) is 18.4 Å². The zero-order chi connectivity index (χ0) is 18.8. The Kier molecular flexibility index (Phi) is 4.92. The summed E-state index contributed by atoms with van der Waals surface area (Å²) in [6.07, 6.45) is 1.41. The molecule has 1 atom stereocenters. The lowest BCUT2D eigenvalue weighted by Crippen LogP contribution is -2.57. The molecule has 2 fully saturated rings. The van der Waals surface area contributed by atoms with Crippen molar-refractivity contribution in [2.45, 2.75) is 24.8 Å². The first-order valence-electron chi connectivity index (χ1n) is 8.19. The number of ether oxygens (including phenoxy) is 1. The largest absolute Gasteiger partial charge is 0.450 e. The number of rotatable bonds is 6. The average Bonchev–Trinajstić information content (AvgIpc) is 2.52. The van der Waals surface area contributed by atoms with E-state index in [-0.39, 0.29) is 24.4 Å². The molecule has 2 heterocycles. The summed E-state index contributed by atoms with van der Waals surface area (Å²) in [5, 5.41) is 5.14. The van der Waals surface area contributed by atoms with Crippen molar-refractivity contribution in [1.29, 1.82) is 0 Å². The summed E-state index contributed by atoms with van der Waals surface area (Å²) in [6, 6.07) is 2.48. The molecule has 0 aromatic heterocycles. The molecule has 2 N–H and O–H groups in total. The van der Waals surface area contributed by atoms with Gasteiger partial charge in [-0.15, -0.1) is 0 Å². The van der Waals surface area contributed by atoms with E-state index < -0.39 is 29.4 Å². The number of carbonyl (C=O) groups excluding carboxylic acids is 2. The SMILES string of the molecule is C=COC(=C)NC1CN(c2cc(F)c(C3CCC(=O)NC3=O)c(F)c2)C1. The number of carbonyl (C=O) groups is 2. The van der Waals surface area contributed by atoms with Crippen LogP contribution in [-0.4, -0.2) is 30.9 Å². The average molecular weight is 363 g/mol. The minimum atomic E-state index is -0.994. The van der Waals surface area contributed by atoms with Crippen molar-refractivity contribution in [2.24, 2.45) is 0 Å². The smallest absolute Gasteiger partial charge is 0.234 e. The van der Waals surface area contributed by atoms with E-state index in [2.05, 4.69) is 23.8 Å². The summed E-state index contributed by atoms with van der Waals surface area (Å²) in [5.41, 5.74) is 0.103. The quantitative estimate of drug-likeness (QED) is 0.597. The van der Waals surface area contributed by atoms with Crippen LogP contribution in [0.5, 0.6) is 0 Å². The van der Waals surface area contributed by atoms with E-state index in [0.717, 1.165) is 0 Å². The summed E-state index contributed by atoms with van der Waals surface area (Å²) in [4.78, 5) is 24.9. The van der Waals surface area contributed by atoms with Crippen LogP contribution in [0.4, 0.5) is 14.5 Å². The van der Waals surface area contributed by atoms with E-state index in [1.54, 1.807) is 4.90 Å². The molecule has 0 bridgehead atoms. The topological polar surface area (TPSA) is 70.7 Å². The molecule has 2 amide bonds. The summed E-state index contributed by atoms with van der Waals surface area (Å²) >= 11 is 0. The van der Waals surface area contributed by atoms with Crippen molar-refractivity contribution < 1.29 is 23.1 Å². The first-order valence-corrected chi connectivity index (χ1v) is 8.19. The highest BCUT2D eigenvalue weighted by atomic mass is 19.1. The van der Waals surface area contributed by atoms with Crippen LogP contribution < -0.4 is 15.5 Å². The molecule has 2 saturated heterocycles. The van der Waals surface area contributed by atoms with Gasteiger partial charge in [-0.05, 0) is 25.1 Å². The number of piperidine rings is 1. The Morgan fingerprint density at radius 2 is 1.96 bits per heavy atom. The minimum Gasteiger partial charge on any atom is -0.450 e. The molecule has 1 aromatic carbocycles. The molecular formula is C18H19F2N3O3. The maximum atomic E-state index is 14.5. The maximum Gasteiger partial charge on any atom is 0.234 e. The molecule has 1 aromatic rings. The number of benzene rings is 1. The molecule has 3 rings (SSSR count). The van der Waals surface area contributed by atoms with Gasteiger partial charge in [-0.3, -0.25) is 14.9 Å². The summed E-state index contributed by atoms with van der Waals surface area (Å²) in [5.74, 6) is -3.30. The molecule has 2 aliphatic heterocycles. The monoisotopic (exact) mass is 363 g/mol. The first-order chi connectivity index (χ1) is 12.4. The fraction of sp³-hybridized carbons (Fsp3) is 0.333. The van der Waals surface area contributed by atoms with Crippen LogP contribution in [0.25, 0.3) is 0 Å². The number of imide groups is 1. The van der Waals surface area contributed by atoms with Crippen molar-refractivity contribution >= 4 is 17.5 Å². The van der Waals surface area contributed by atoms with Gasteiger partial charge in [0.2, 0.25) is 11.8 Å². The normalized spacial score (nSPS) is 20.2. The molecule has 2 aliphatic rings. The third kappa shape index (κ3) is 3.54. The molecule has 0 aliphatic carbocycles. The van der Waals surface area contributed by atoms with Gasteiger partial charge in [0.15, 0.2) is 5.88 Å². The number of amides is 2. The van der Waals surface area contributed by atoms with E-state index in [4.69, 9.17) is 4.74 Å². The number of nitrogens with zero attached hydrogens (tertiary/aromatic N) is 1. The summed E-state index contributed by atoms with van der Waals surface area (Å²) < 4.78 is 34.0. The standard InChI is InChI=1S/C18H19F2N3O3/c1-3-26-10(2)21-11-8-23(9-11)12-6-14(19)17(15(20)7-12)13-4-5-16(24)22-18(13)25/h3,6-7,11,13,21H,1-2,4-5,8-9H2,(H,22,24,25). The van der Waals surface area contributed by atoms with Gasteiger partial charge in [0.05, 0.1) is 18.2 Å². The van der Waals surface area contributed by atoms with Gasteiger partial charge in [-0.25, -0.2) is 8.78 Å². The molecular weight excluding hydrogens is 344 g/mol. The number of hydrogen-bond acceptors (Lipinski definition) is 5. The Bertz CT molecular complexity index is 752. The number of halogens is 2. The molecule has 26 heavy (non-hydrogen) atoms. The fourth-order valence-corrected chi connectivity index (χ4v) is 3.20. The Labute approximate surface area is 149 Å². The first kappa shape index (κ1) is 17.9. The minimum absolute atomic E-state index is 0.0448. The highest BCUT2D eigenvalue weighted by molar-refractivity contribution is 6.01. The zero-order valence-electron chi connectivity index (χ0n) is 14.1. The lowest BCUT2D eigenvalue weighted by Gasteiger charge is -2.41. The van der Waals surface area contributed by atoms with Gasteiger partial charge in [0, 0.05) is 30.8 Å². The van der Waals surface area contributed by atoms with Gasteiger partial charge in [-0.2, -0.15) is 0 Å². The van der Waals surface area contributed by atoms with Crippen LogP contribution in [0.3, 0.4) is 0 Å². The van der Waals surface area contributed by atoms with Gasteiger partial charge < -0.3 is 15.0 Å². The van der Waals surface area contributed by atoms with Gasteiger partial charge >= 0.3 is 0 Å². The van der Waals surface area contributed by atoms with E-state index >= 15 is 0 Å². The third-order valence-corrected chi connectivity index (χ3v) is 4.49. The fourth-order valence-electron chi connectivity index (χ4n) is 3.20. The Morgan fingerprint density at radius 1 is 1.31 bits per heavy atom. The van der Waals surface area contributed by atoms with Crippen LogP contribution in [-0.2, 0) is 14.3 Å². The van der Waals surface area contributed by atoms with Crippen molar-refractivity contribution in [1.82, 2.24) is 10.6 Å². The highest BCUT2D eigenvalue weighted by Crippen LogP contribution is 2.33. The molecule has 138 valence electrons. The Morgan fingerprint density at radius 3 is 2.54 bits per heavy atom. The van der Waals surface area contributed by atoms with Crippen molar-refractivity contribution in [3.8, 4) is 0 Å². The second-order valence-corrected chi connectivity index (χ2v) is 6.28. The van der Waals surface area contributed by atoms with Gasteiger partial charge in [-0.1, -0.05) is 6.58 Å². The Balaban J connectivity index is 1.69. The van der Waals surface area contributed by atoms with Crippen molar-refractivity contribution in [2.75, 3.05) is 18.0 Å². The lowest BCUT2D eigenvalue weighted by atomic mass is 9.89. The molecule has 1 unspecified atom stereocenters. The summed E-state index contributed by atoms with van der Waals surface area (Å²) in [7, 11) is 0. The second-order valence-electron chi connectivity index (χ2n) is 6.28. The van der Waals surface area contributed by atoms with E-state index in [9.17, 15) is 18.4 Å². The van der Waals surface area contributed by atoms with Crippen molar-refractivity contribution in [3.63, 3.8) is 0 Å². The number of nitrogens with one attached hydrogen (secondary N) is 2. The lowest BCUT2D eigenvalue weighted by molar-refractivity contribution is -0.134. The molecule has 0 radical (unpaired) electrons. The molecule has 0 saturated carbocycles. The molecule has 6 nitrogen and oxygen atoms in total. The number of anilines is 1. The van der Waals surface area contributed by atoms with Gasteiger partial charge in [0.25, 0.3) is 0 Å². The third-order valence-electron chi connectivity index (χ3n) is 4.49. The van der Waals surface area contributed by atoms with Crippen molar-refractivity contribution in [3.05, 3.63) is 54.6 Å². The molecule has 8 heteroatoms. The van der Waals surface area contributed by atoms with Crippen LogP contribution in [0.1, 0.15) is 24.3 Å². The predicted molar refractivity (Wildman–Crippen MR) is 91.0 cm³/mol. The Hall–Kier alpha value is -2.90. The van der Waals surface area contributed by atoms with E-state index in [0.29, 0.717) is 24.7 Å². The number of hydrogen-bond donors (Lipinski definition) is 2. The highest BCUT2D eigenvalue weighted by Gasteiger charge is 2.34. The summed E-state index contributed by atoms with van der Waals surface area (Å²) in [6.45, 7) is 8.14. The van der Waals surface area contributed by atoms with Crippen LogP contribution in [0, 0.1) is 11.6 Å². The van der Waals surface area contributed by atoms with Gasteiger partial charge in [0.1, 0.15) is 11.6 Å². The molecule has 0 spiro atoms. The second kappa shape index (κ2) is 7.15. The van der Waals surface area contributed by atoms with Crippen LogP contribution in [0.2, 0.25) is 0 Å². The maximum absolute atomic E-state index is 14.5.